The number of ether oxygens (including phenoxy) is 3. The van der Waals surface area contributed by atoms with Crippen LogP contribution in [0.3, 0.4) is 0 Å². The molecule has 0 aromatic heterocycles. The van der Waals surface area contributed by atoms with Crippen molar-refractivity contribution in [1.82, 2.24) is 0 Å². The van der Waals surface area contributed by atoms with Crippen molar-refractivity contribution in [2.45, 2.75) is 13.2 Å². The number of benzene rings is 5. The molecular formula is C30H26O4. The predicted octanol–water partition coefficient (Wildman–Crippen LogP) is 6.75. The number of hydrogen-bond acceptors (Lipinski definition) is 4. The van der Waals surface area contributed by atoms with Crippen LogP contribution < -0.4 is 14.2 Å². The minimum Gasteiger partial charge on any atom is -0.493 e. The maximum atomic E-state index is 9.98. The zero-order chi connectivity index (χ0) is 23.5. The fourth-order valence-corrected chi connectivity index (χ4v) is 4.44. The highest BCUT2D eigenvalue weighted by atomic mass is 16.5. The van der Waals surface area contributed by atoms with Gasteiger partial charge in [-0.15, -0.1) is 0 Å². The van der Waals surface area contributed by atoms with Crippen molar-refractivity contribution in [3.63, 3.8) is 0 Å². The molecule has 0 heterocycles. The Hall–Kier alpha value is -4.02. The number of methoxy groups -OCH3 is 2. The molecule has 0 saturated carbocycles. The molecule has 4 heteroatoms. The van der Waals surface area contributed by atoms with Crippen molar-refractivity contribution in [1.29, 1.82) is 0 Å². The molecule has 0 aliphatic rings. The van der Waals surface area contributed by atoms with Crippen LogP contribution in [-0.4, -0.2) is 19.3 Å². The molecule has 0 saturated heterocycles. The van der Waals surface area contributed by atoms with E-state index < -0.39 is 0 Å². The van der Waals surface area contributed by atoms with Crippen molar-refractivity contribution in [2.75, 3.05) is 14.2 Å². The first kappa shape index (κ1) is 21.8. The fraction of sp³-hybridized carbons (Fsp3) is 0.133. The van der Waals surface area contributed by atoms with Crippen LogP contribution >= 0.6 is 0 Å². The predicted molar refractivity (Wildman–Crippen MR) is 137 cm³/mol. The van der Waals surface area contributed by atoms with E-state index in [0.29, 0.717) is 18.1 Å². The fourth-order valence-electron chi connectivity index (χ4n) is 4.44. The van der Waals surface area contributed by atoms with E-state index in [1.54, 1.807) is 14.2 Å². The smallest absolute Gasteiger partial charge is 0.161 e. The Morgan fingerprint density at radius 2 is 1.38 bits per heavy atom. The van der Waals surface area contributed by atoms with Gasteiger partial charge in [-0.2, -0.15) is 0 Å². The van der Waals surface area contributed by atoms with Crippen molar-refractivity contribution in [2.24, 2.45) is 0 Å². The summed E-state index contributed by atoms with van der Waals surface area (Å²) in [6.45, 7) is 0.467. The van der Waals surface area contributed by atoms with Crippen LogP contribution in [0.4, 0.5) is 0 Å². The lowest BCUT2D eigenvalue weighted by Gasteiger charge is -2.17. The zero-order valence-electron chi connectivity index (χ0n) is 19.2. The second-order valence-corrected chi connectivity index (χ2v) is 8.15. The summed E-state index contributed by atoms with van der Waals surface area (Å²) >= 11 is 0. The Labute approximate surface area is 199 Å². The van der Waals surface area contributed by atoms with Gasteiger partial charge in [0.2, 0.25) is 0 Å². The molecule has 5 rings (SSSR count). The molecule has 0 radical (unpaired) electrons. The lowest BCUT2D eigenvalue weighted by atomic mass is 9.91. The van der Waals surface area contributed by atoms with Crippen LogP contribution in [0.5, 0.6) is 17.2 Å². The van der Waals surface area contributed by atoms with E-state index in [9.17, 15) is 5.11 Å². The van der Waals surface area contributed by atoms with Gasteiger partial charge in [-0.05, 0) is 74.1 Å². The lowest BCUT2D eigenvalue weighted by Crippen LogP contribution is -1.96. The second-order valence-electron chi connectivity index (χ2n) is 8.15. The average molecular weight is 451 g/mol. The number of aliphatic hydroxyl groups is 1. The summed E-state index contributed by atoms with van der Waals surface area (Å²) in [6.07, 6.45) is 0. The summed E-state index contributed by atoms with van der Waals surface area (Å²) in [7, 11) is 3.29. The monoisotopic (exact) mass is 450 g/mol. The minimum absolute atomic E-state index is 0.0279. The van der Waals surface area contributed by atoms with Gasteiger partial charge in [-0.1, -0.05) is 60.7 Å². The van der Waals surface area contributed by atoms with Gasteiger partial charge in [0, 0.05) is 0 Å². The van der Waals surface area contributed by atoms with Crippen LogP contribution in [0, 0.1) is 0 Å². The Morgan fingerprint density at radius 3 is 2.15 bits per heavy atom. The van der Waals surface area contributed by atoms with Gasteiger partial charge in [0.05, 0.1) is 20.8 Å². The Morgan fingerprint density at radius 1 is 0.647 bits per heavy atom. The van der Waals surface area contributed by atoms with E-state index in [-0.39, 0.29) is 6.61 Å². The highest BCUT2D eigenvalue weighted by molar-refractivity contribution is 6.15. The molecule has 0 aliphatic carbocycles. The number of fused-ring (bicyclic) bond motifs is 3. The Kier molecular flexibility index (Phi) is 6.07. The van der Waals surface area contributed by atoms with E-state index in [4.69, 9.17) is 14.2 Å². The number of hydrogen-bond donors (Lipinski definition) is 1. The molecular weight excluding hydrogens is 424 g/mol. The maximum absolute atomic E-state index is 9.98. The molecule has 0 atom stereocenters. The van der Waals surface area contributed by atoms with Gasteiger partial charge in [0.25, 0.3) is 0 Å². The molecule has 0 spiro atoms. The summed E-state index contributed by atoms with van der Waals surface area (Å²) < 4.78 is 17.3. The van der Waals surface area contributed by atoms with Crippen molar-refractivity contribution < 1.29 is 19.3 Å². The molecule has 0 amide bonds. The van der Waals surface area contributed by atoms with Crippen LogP contribution in [-0.2, 0) is 13.2 Å². The SMILES string of the molecule is COc1cc2cc(-c3ccccc3CO)c3ccc(OCc4ccccc4)cc3c2cc1OC. The summed E-state index contributed by atoms with van der Waals surface area (Å²) in [5, 5.41) is 14.2. The molecule has 0 fully saturated rings. The highest BCUT2D eigenvalue weighted by Crippen LogP contribution is 2.41. The van der Waals surface area contributed by atoms with Crippen molar-refractivity contribution in [3.05, 3.63) is 102 Å². The first-order valence-corrected chi connectivity index (χ1v) is 11.2. The highest BCUT2D eigenvalue weighted by Gasteiger charge is 2.15. The van der Waals surface area contributed by atoms with Gasteiger partial charge >= 0.3 is 0 Å². The van der Waals surface area contributed by atoms with E-state index in [2.05, 4.69) is 30.3 Å². The summed E-state index contributed by atoms with van der Waals surface area (Å²) in [4.78, 5) is 0. The van der Waals surface area contributed by atoms with E-state index in [1.807, 2.05) is 60.7 Å². The molecule has 5 aromatic rings. The summed E-state index contributed by atoms with van der Waals surface area (Å²) in [5.74, 6) is 2.14. The molecule has 4 nitrogen and oxygen atoms in total. The third-order valence-corrected chi connectivity index (χ3v) is 6.15. The van der Waals surface area contributed by atoms with E-state index in [0.717, 1.165) is 49.5 Å². The standard InChI is InChI=1S/C30H26O4/c1-32-29-15-22-14-27(24-11-7-6-10-21(24)18-31)25-13-12-23(34-19-20-8-4-3-5-9-20)16-28(25)26(22)17-30(29)33-2/h3-17,31H,18-19H2,1-2H3. The lowest BCUT2D eigenvalue weighted by molar-refractivity contribution is 0.282. The molecule has 34 heavy (non-hydrogen) atoms. The van der Waals surface area contributed by atoms with Crippen LogP contribution in [0.2, 0.25) is 0 Å². The third-order valence-electron chi connectivity index (χ3n) is 6.15. The minimum atomic E-state index is -0.0279. The Balaban J connectivity index is 1.73. The average Bonchev–Trinajstić information content (AvgIpc) is 2.91. The largest absolute Gasteiger partial charge is 0.493 e. The third kappa shape index (κ3) is 4.04. The van der Waals surface area contributed by atoms with Crippen molar-refractivity contribution in [3.8, 4) is 28.4 Å². The molecule has 0 aliphatic heterocycles. The second kappa shape index (κ2) is 9.46. The zero-order valence-corrected chi connectivity index (χ0v) is 19.2. The quantitative estimate of drug-likeness (QED) is 0.279. The van der Waals surface area contributed by atoms with Gasteiger partial charge in [-0.3, -0.25) is 0 Å². The Bertz CT molecular complexity index is 1460. The van der Waals surface area contributed by atoms with Gasteiger partial charge in [0.1, 0.15) is 12.4 Å². The molecule has 5 aromatic carbocycles. The van der Waals surface area contributed by atoms with E-state index in [1.165, 1.54) is 0 Å². The van der Waals surface area contributed by atoms with E-state index >= 15 is 0 Å². The van der Waals surface area contributed by atoms with Gasteiger partial charge in [0.15, 0.2) is 11.5 Å². The van der Waals surface area contributed by atoms with Crippen LogP contribution in [0.1, 0.15) is 11.1 Å². The maximum Gasteiger partial charge on any atom is 0.161 e. The molecule has 0 bridgehead atoms. The number of aliphatic hydroxyl groups excluding tert-OH is 1. The summed E-state index contributed by atoms with van der Waals surface area (Å²) in [5.41, 5.74) is 4.05. The van der Waals surface area contributed by atoms with Gasteiger partial charge in [-0.25, -0.2) is 0 Å². The molecule has 1 N–H and O–H groups in total. The molecule has 0 unspecified atom stereocenters. The van der Waals surface area contributed by atoms with Crippen molar-refractivity contribution >= 4 is 21.5 Å². The van der Waals surface area contributed by atoms with Crippen LogP contribution in [0.25, 0.3) is 32.7 Å². The number of rotatable bonds is 7. The van der Waals surface area contributed by atoms with Crippen LogP contribution in [0.15, 0.2) is 91.0 Å². The van der Waals surface area contributed by atoms with Gasteiger partial charge < -0.3 is 19.3 Å². The normalized spacial score (nSPS) is 11.0. The summed E-state index contributed by atoms with van der Waals surface area (Å²) in [6, 6.07) is 30.4. The first-order chi connectivity index (χ1) is 16.7. The topological polar surface area (TPSA) is 47.9 Å². The molecule has 170 valence electrons. The first-order valence-electron chi connectivity index (χ1n) is 11.2.